The molecule has 1 aliphatic heterocycles. The highest BCUT2D eigenvalue weighted by atomic mass is 32.2. The van der Waals surface area contributed by atoms with Gasteiger partial charge in [-0.3, -0.25) is 0 Å². The molecule has 5 rings (SSSR count). The normalized spacial score (nSPS) is 19.6. The van der Waals surface area contributed by atoms with E-state index in [1.165, 1.54) is 4.90 Å². The van der Waals surface area contributed by atoms with Crippen molar-refractivity contribution in [3.05, 3.63) is 131 Å². The Hall–Kier alpha value is -2.98. The molecule has 202 valence electrons. The molecule has 0 bridgehead atoms. The Kier molecular flexibility index (Phi) is 9.13. The highest BCUT2D eigenvalue weighted by Crippen LogP contribution is 2.39. The highest BCUT2D eigenvalue weighted by molar-refractivity contribution is 7.99. The standard InChI is InChI=1S/C31H31NO5S2/c33-21-24-13-15-25(16-14-24)30-19-27(22-38-28-7-3-1-4-8-28)36-31(37-30)26-17-11-23(12-18-26)20-32-39(34,35)29-9-5-2-6-10-29/h1-18,27,30-33H,19-22H2/t27-,30+,31+/m1/s1. The van der Waals surface area contributed by atoms with Crippen LogP contribution in [-0.2, 0) is 32.6 Å². The van der Waals surface area contributed by atoms with Crippen molar-refractivity contribution in [3.8, 4) is 0 Å². The van der Waals surface area contributed by atoms with Gasteiger partial charge in [0.15, 0.2) is 6.29 Å². The van der Waals surface area contributed by atoms with Gasteiger partial charge in [-0.2, -0.15) is 0 Å². The van der Waals surface area contributed by atoms with Crippen LogP contribution >= 0.6 is 11.8 Å². The second kappa shape index (κ2) is 12.9. The van der Waals surface area contributed by atoms with Crippen molar-refractivity contribution in [1.29, 1.82) is 0 Å². The fraction of sp³-hybridized carbons (Fsp3) is 0.226. The number of nitrogens with one attached hydrogen (secondary N) is 1. The second-order valence-electron chi connectivity index (χ2n) is 9.35. The van der Waals surface area contributed by atoms with Crippen LogP contribution in [0.4, 0.5) is 0 Å². The zero-order valence-electron chi connectivity index (χ0n) is 21.3. The van der Waals surface area contributed by atoms with E-state index >= 15 is 0 Å². The van der Waals surface area contributed by atoms with Crippen LogP contribution in [0.15, 0.2) is 119 Å². The van der Waals surface area contributed by atoms with Gasteiger partial charge in [0.05, 0.1) is 23.7 Å². The van der Waals surface area contributed by atoms with Crippen molar-refractivity contribution < 1.29 is 23.0 Å². The molecule has 0 saturated carbocycles. The number of aliphatic hydroxyl groups excluding tert-OH is 1. The summed E-state index contributed by atoms with van der Waals surface area (Å²) in [6.45, 7) is 0.182. The number of hydrogen-bond acceptors (Lipinski definition) is 6. The Bertz CT molecular complexity index is 1430. The molecule has 0 amide bonds. The summed E-state index contributed by atoms with van der Waals surface area (Å²) in [5.41, 5.74) is 3.61. The maximum Gasteiger partial charge on any atom is 0.240 e. The summed E-state index contributed by atoms with van der Waals surface area (Å²) in [6, 6.07) is 34.1. The van der Waals surface area contributed by atoms with Crippen molar-refractivity contribution in [3.63, 3.8) is 0 Å². The van der Waals surface area contributed by atoms with E-state index in [9.17, 15) is 13.5 Å². The summed E-state index contributed by atoms with van der Waals surface area (Å²) in [6.07, 6.45) is -0.0319. The van der Waals surface area contributed by atoms with Crippen molar-refractivity contribution in [2.24, 2.45) is 0 Å². The molecule has 39 heavy (non-hydrogen) atoms. The Labute approximate surface area is 234 Å². The van der Waals surface area contributed by atoms with Crippen molar-refractivity contribution in [2.75, 3.05) is 5.75 Å². The van der Waals surface area contributed by atoms with Gasteiger partial charge in [-0.25, -0.2) is 13.1 Å². The van der Waals surface area contributed by atoms with Crippen molar-refractivity contribution in [1.82, 2.24) is 4.72 Å². The highest BCUT2D eigenvalue weighted by Gasteiger charge is 2.32. The summed E-state index contributed by atoms with van der Waals surface area (Å²) < 4.78 is 40.6. The fourth-order valence-electron chi connectivity index (χ4n) is 4.38. The van der Waals surface area contributed by atoms with E-state index in [0.717, 1.165) is 28.0 Å². The molecule has 8 heteroatoms. The van der Waals surface area contributed by atoms with Crippen LogP contribution < -0.4 is 4.72 Å². The van der Waals surface area contributed by atoms with Crippen LogP contribution in [0.25, 0.3) is 0 Å². The first kappa shape index (κ1) is 27.6. The molecule has 1 fully saturated rings. The molecule has 4 aromatic rings. The summed E-state index contributed by atoms with van der Waals surface area (Å²) in [4.78, 5) is 1.43. The number of aliphatic hydroxyl groups is 1. The first-order chi connectivity index (χ1) is 19.0. The van der Waals surface area contributed by atoms with E-state index in [2.05, 4.69) is 16.9 Å². The van der Waals surface area contributed by atoms with Crippen LogP contribution in [0.5, 0.6) is 0 Å². The Morgan fingerprint density at radius 2 is 1.38 bits per heavy atom. The lowest BCUT2D eigenvalue weighted by Gasteiger charge is -2.36. The van der Waals surface area contributed by atoms with Gasteiger partial charge < -0.3 is 14.6 Å². The topological polar surface area (TPSA) is 84.9 Å². The zero-order valence-corrected chi connectivity index (χ0v) is 23.0. The Balaban J connectivity index is 1.28. The lowest BCUT2D eigenvalue weighted by Crippen LogP contribution is -2.31. The molecule has 0 radical (unpaired) electrons. The first-order valence-electron chi connectivity index (χ1n) is 12.8. The number of thioether (sulfide) groups is 1. The quantitative estimate of drug-likeness (QED) is 0.231. The van der Waals surface area contributed by atoms with Gasteiger partial charge in [-0.05, 0) is 41.0 Å². The molecule has 3 atom stereocenters. The third kappa shape index (κ3) is 7.36. The van der Waals surface area contributed by atoms with Crippen LogP contribution in [0.1, 0.15) is 41.1 Å². The lowest BCUT2D eigenvalue weighted by molar-refractivity contribution is -0.245. The molecular weight excluding hydrogens is 530 g/mol. The van der Waals surface area contributed by atoms with Gasteiger partial charge in [0, 0.05) is 29.2 Å². The summed E-state index contributed by atoms with van der Waals surface area (Å²) in [5.74, 6) is 0.786. The molecule has 6 nitrogen and oxygen atoms in total. The number of benzene rings is 4. The molecule has 1 aliphatic rings. The number of sulfonamides is 1. The molecule has 1 heterocycles. The minimum atomic E-state index is -3.59. The van der Waals surface area contributed by atoms with Gasteiger partial charge >= 0.3 is 0 Å². The number of rotatable bonds is 10. The average Bonchev–Trinajstić information content (AvgIpc) is 3.00. The minimum absolute atomic E-state index is 0.00172. The summed E-state index contributed by atoms with van der Waals surface area (Å²) in [7, 11) is -3.59. The van der Waals surface area contributed by atoms with Crippen LogP contribution in [0, 0.1) is 0 Å². The van der Waals surface area contributed by atoms with Crippen LogP contribution in [0.3, 0.4) is 0 Å². The number of ether oxygens (including phenoxy) is 2. The Morgan fingerprint density at radius 1 is 0.769 bits per heavy atom. The van der Waals surface area contributed by atoms with Gasteiger partial charge in [0.2, 0.25) is 10.0 Å². The first-order valence-corrected chi connectivity index (χ1v) is 15.3. The molecule has 0 aromatic heterocycles. The third-order valence-corrected chi connectivity index (χ3v) is 9.13. The SMILES string of the molecule is O=S(=O)(NCc1ccc([C@H]2O[C@@H](CSc3ccccc3)C[C@@H](c3ccc(CO)cc3)O2)cc1)c1ccccc1. The predicted molar refractivity (Wildman–Crippen MR) is 152 cm³/mol. The molecular formula is C31H31NO5S2. The Morgan fingerprint density at radius 3 is 2.05 bits per heavy atom. The fourth-order valence-corrected chi connectivity index (χ4v) is 6.36. The van der Waals surface area contributed by atoms with Crippen molar-refractivity contribution in [2.45, 2.75) is 47.9 Å². The molecule has 0 aliphatic carbocycles. The lowest BCUT2D eigenvalue weighted by atomic mass is 10.0. The maximum absolute atomic E-state index is 12.6. The van der Waals surface area contributed by atoms with E-state index in [4.69, 9.17) is 9.47 Å². The monoisotopic (exact) mass is 561 g/mol. The van der Waals surface area contributed by atoms with Crippen LogP contribution in [0.2, 0.25) is 0 Å². The average molecular weight is 562 g/mol. The maximum atomic E-state index is 12.6. The van der Waals surface area contributed by atoms with Gasteiger partial charge in [-0.1, -0.05) is 84.9 Å². The van der Waals surface area contributed by atoms with Crippen LogP contribution in [-0.4, -0.2) is 25.4 Å². The van der Waals surface area contributed by atoms with E-state index in [0.29, 0.717) is 6.42 Å². The predicted octanol–water partition coefficient (Wildman–Crippen LogP) is 6.00. The second-order valence-corrected chi connectivity index (χ2v) is 12.2. The van der Waals surface area contributed by atoms with Gasteiger partial charge in [-0.15, -0.1) is 11.8 Å². The smallest absolute Gasteiger partial charge is 0.240 e. The molecule has 1 saturated heterocycles. The van der Waals surface area contributed by atoms with Crippen molar-refractivity contribution >= 4 is 21.8 Å². The number of hydrogen-bond donors (Lipinski definition) is 2. The van der Waals surface area contributed by atoms with E-state index in [-0.39, 0.29) is 30.3 Å². The van der Waals surface area contributed by atoms with Gasteiger partial charge in [0.25, 0.3) is 0 Å². The minimum Gasteiger partial charge on any atom is -0.392 e. The summed E-state index contributed by atoms with van der Waals surface area (Å²) in [5, 5.41) is 9.42. The third-order valence-electron chi connectivity index (χ3n) is 6.57. The van der Waals surface area contributed by atoms with E-state index in [1.807, 2.05) is 66.7 Å². The molecule has 4 aromatic carbocycles. The zero-order chi connectivity index (χ0) is 27.1. The molecule has 0 unspecified atom stereocenters. The largest absolute Gasteiger partial charge is 0.392 e. The molecule has 2 N–H and O–H groups in total. The summed E-state index contributed by atoms with van der Waals surface area (Å²) >= 11 is 1.76. The van der Waals surface area contributed by atoms with Gasteiger partial charge in [0.1, 0.15) is 0 Å². The van der Waals surface area contributed by atoms with E-state index in [1.54, 1.807) is 42.1 Å². The molecule has 0 spiro atoms. The van der Waals surface area contributed by atoms with E-state index < -0.39 is 16.3 Å².